The van der Waals surface area contributed by atoms with Gasteiger partial charge in [0, 0.05) is 18.3 Å². The first-order chi connectivity index (χ1) is 9.86. The third-order valence-electron chi connectivity index (χ3n) is 3.71. The Bertz CT molecular complexity index is 564. The van der Waals surface area contributed by atoms with Crippen LogP contribution in [0.5, 0.6) is 0 Å². The molecule has 0 saturated carbocycles. The summed E-state index contributed by atoms with van der Waals surface area (Å²) in [5.74, 6) is 0. The van der Waals surface area contributed by atoms with Gasteiger partial charge in [0.1, 0.15) is 6.10 Å². The number of fused-ring (bicyclic) bond motifs is 1. The molecule has 20 heavy (non-hydrogen) atoms. The van der Waals surface area contributed by atoms with Crippen LogP contribution in [-0.2, 0) is 24.2 Å². The molecule has 0 spiro atoms. The summed E-state index contributed by atoms with van der Waals surface area (Å²) in [5.41, 5.74) is 3.93. The summed E-state index contributed by atoms with van der Waals surface area (Å²) in [7, 11) is 0. The second kappa shape index (κ2) is 6.20. The van der Waals surface area contributed by atoms with Gasteiger partial charge in [0.25, 0.3) is 0 Å². The second-order valence-corrected chi connectivity index (χ2v) is 5.16. The molecule has 0 aliphatic carbocycles. The quantitative estimate of drug-likeness (QED) is 0.907. The number of benzene rings is 1. The molecule has 0 fully saturated rings. The van der Waals surface area contributed by atoms with E-state index in [1.54, 1.807) is 0 Å². The van der Waals surface area contributed by atoms with Crippen molar-refractivity contribution in [3.8, 4) is 0 Å². The first-order valence-electron chi connectivity index (χ1n) is 7.28. The lowest BCUT2D eigenvalue weighted by Gasteiger charge is -2.25. The maximum atomic E-state index is 5.92. The Labute approximate surface area is 119 Å². The molecule has 1 aromatic heterocycles. The Kier molecular flexibility index (Phi) is 4.14. The minimum Gasteiger partial charge on any atom is -0.371 e. The van der Waals surface area contributed by atoms with Gasteiger partial charge in [-0.2, -0.15) is 5.10 Å². The first-order valence-corrected chi connectivity index (χ1v) is 7.28. The average Bonchev–Trinajstić information content (AvgIpc) is 2.93. The van der Waals surface area contributed by atoms with Crippen molar-refractivity contribution in [3.63, 3.8) is 0 Å². The highest BCUT2D eigenvalue weighted by atomic mass is 16.5. The molecule has 1 aromatic carbocycles. The molecule has 2 aromatic rings. The summed E-state index contributed by atoms with van der Waals surface area (Å²) in [6.45, 7) is 5.54. The number of nitrogens with zero attached hydrogens (tertiary/aromatic N) is 2. The fraction of sp³-hybridized carbons (Fsp3) is 0.438. The van der Waals surface area contributed by atoms with Gasteiger partial charge in [-0.25, -0.2) is 0 Å². The Morgan fingerprint density at radius 1 is 1.40 bits per heavy atom. The summed E-state index contributed by atoms with van der Waals surface area (Å²) in [5, 5.41) is 7.75. The Hall–Kier alpha value is -1.65. The minimum atomic E-state index is 0.117. The van der Waals surface area contributed by atoms with Crippen molar-refractivity contribution < 1.29 is 4.74 Å². The lowest BCUT2D eigenvalue weighted by Crippen LogP contribution is -2.20. The zero-order valence-electron chi connectivity index (χ0n) is 11.9. The predicted octanol–water partition coefficient (Wildman–Crippen LogP) is 2.31. The Morgan fingerprint density at radius 3 is 3.20 bits per heavy atom. The maximum absolute atomic E-state index is 5.92. The Morgan fingerprint density at radius 2 is 2.30 bits per heavy atom. The van der Waals surface area contributed by atoms with E-state index >= 15 is 0 Å². The zero-order valence-corrected chi connectivity index (χ0v) is 11.9. The predicted molar refractivity (Wildman–Crippen MR) is 78.4 cm³/mol. The minimum absolute atomic E-state index is 0.117. The van der Waals surface area contributed by atoms with Crippen LogP contribution < -0.4 is 5.32 Å². The molecule has 1 aliphatic heterocycles. The van der Waals surface area contributed by atoms with Gasteiger partial charge in [0.05, 0.1) is 19.3 Å². The highest BCUT2D eigenvalue weighted by Crippen LogP contribution is 2.28. The van der Waals surface area contributed by atoms with E-state index in [-0.39, 0.29) is 6.10 Å². The molecule has 1 aliphatic rings. The van der Waals surface area contributed by atoms with Crippen LogP contribution in [-0.4, -0.2) is 22.9 Å². The van der Waals surface area contributed by atoms with Gasteiger partial charge in [0.2, 0.25) is 0 Å². The number of hydrogen-bond acceptors (Lipinski definition) is 3. The van der Waals surface area contributed by atoms with E-state index in [4.69, 9.17) is 4.74 Å². The first kappa shape index (κ1) is 13.3. The molecule has 0 saturated heterocycles. The largest absolute Gasteiger partial charge is 0.371 e. The molecule has 106 valence electrons. The van der Waals surface area contributed by atoms with E-state index in [1.807, 2.05) is 10.9 Å². The van der Waals surface area contributed by atoms with Crippen molar-refractivity contribution in [3.05, 3.63) is 53.3 Å². The second-order valence-electron chi connectivity index (χ2n) is 5.16. The summed E-state index contributed by atoms with van der Waals surface area (Å²) in [6, 6.07) is 8.55. The molecule has 4 nitrogen and oxygen atoms in total. The van der Waals surface area contributed by atoms with E-state index in [1.165, 1.54) is 16.7 Å². The van der Waals surface area contributed by atoms with Crippen molar-refractivity contribution in [2.45, 2.75) is 32.5 Å². The standard InChI is InChI=1S/C16H21N3O/c1-2-17-9-13-10-18-19(11-13)12-16-15-6-4-3-5-14(15)7-8-20-16/h3-6,10-11,16-17H,2,7-9,12H2,1H3. The van der Waals surface area contributed by atoms with Crippen LogP contribution in [0.15, 0.2) is 36.7 Å². The van der Waals surface area contributed by atoms with Gasteiger partial charge >= 0.3 is 0 Å². The van der Waals surface area contributed by atoms with E-state index in [9.17, 15) is 0 Å². The summed E-state index contributed by atoms with van der Waals surface area (Å²) >= 11 is 0. The van der Waals surface area contributed by atoms with Crippen molar-refractivity contribution in [1.29, 1.82) is 0 Å². The van der Waals surface area contributed by atoms with Crippen LogP contribution in [0, 0.1) is 0 Å². The van der Waals surface area contributed by atoms with E-state index < -0.39 is 0 Å². The fourth-order valence-electron chi connectivity index (χ4n) is 2.66. The number of rotatable bonds is 5. The van der Waals surface area contributed by atoms with Crippen LogP contribution in [0.25, 0.3) is 0 Å². The summed E-state index contributed by atoms with van der Waals surface area (Å²) < 4.78 is 7.91. The number of ether oxygens (including phenoxy) is 1. The highest BCUT2D eigenvalue weighted by Gasteiger charge is 2.20. The molecule has 2 heterocycles. The number of aromatic nitrogens is 2. The van der Waals surface area contributed by atoms with Crippen molar-refractivity contribution >= 4 is 0 Å². The van der Waals surface area contributed by atoms with Crippen molar-refractivity contribution in [2.24, 2.45) is 0 Å². The van der Waals surface area contributed by atoms with E-state index in [2.05, 4.69) is 47.8 Å². The molecule has 1 N–H and O–H groups in total. The number of hydrogen-bond donors (Lipinski definition) is 1. The SMILES string of the molecule is CCNCc1cnn(CC2OCCc3ccccc32)c1. The molecule has 0 bridgehead atoms. The molecular weight excluding hydrogens is 250 g/mol. The smallest absolute Gasteiger partial charge is 0.102 e. The lowest BCUT2D eigenvalue weighted by molar-refractivity contribution is 0.0283. The molecule has 4 heteroatoms. The molecule has 1 atom stereocenters. The molecule has 0 radical (unpaired) electrons. The van der Waals surface area contributed by atoms with Gasteiger partial charge < -0.3 is 10.1 Å². The molecule has 3 rings (SSSR count). The molecule has 0 amide bonds. The normalized spacial score (nSPS) is 17.9. The van der Waals surface area contributed by atoms with Gasteiger partial charge in [-0.15, -0.1) is 0 Å². The van der Waals surface area contributed by atoms with Crippen LogP contribution in [0.3, 0.4) is 0 Å². The van der Waals surface area contributed by atoms with Crippen molar-refractivity contribution in [1.82, 2.24) is 15.1 Å². The average molecular weight is 271 g/mol. The van der Waals surface area contributed by atoms with Gasteiger partial charge in [0.15, 0.2) is 0 Å². The van der Waals surface area contributed by atoms with Gasteiger partial charge in [-0.05, 0) is 24.1 Å². The monoisotopic (exact) mass is 271 g/mol. The zero-order chi connectivity index (χ0) is 13.8. The van der Waals surface area contributed by atoms with E-state index in [0.717, 1.165) is 32.7 Å². The highest BCUT2D eigenvalue weighted by molar-refractivity contribution is 5.30. The van der Waals surface area contributed by atoms with Crippen LogP contribution >= 0.6 is 0 Å². The van der Waals surface area contributed by atoms with Crippen LogP contribution in [0.2, 0.25) is 0 Å². The topological polar surface area (TPSA) is 39.1 Å². The van der Waals surface area contributed by atoms with E-state index in [0.29, 0.717) is 0 Å². The molecular formula is C16H21N3O. The third-order valence-corrected chi connectivity index (χ3v) is 3.71. The van der Waals surface area contributed by atoms with Crippen molar-refractivity contribution in [2.75, 3.05) is 13.2 Å². The summed E-state index contributed by atoms with van der Waals surface area (Å²) in [6.07, 6.45) is 5.16. The number of nitrogens with one attached hydrogen (secondary N) is 1. The maximum Gasteiger partial charge on any atom is 0.102 e. The van der Waals surface area contributed by atoms with Gasteiger partial charge in [-0.3, -0.25) is 4.68 Å². The Balaban J connectivity index is 1.71. The van der Waals surface area contributed by atoms with Crippen LogP contribution in [0.1, 0.15) is 29.7 Å². The van der Waals surface area contributed by atoms with Gasteiger partial charge in [-0.1, -0.05) is 31.2 Å². The molecule has 1 unspecified atom stereocenters. The lowest BCUT2D eigenvalue weighted by atomic mass is 9.98. The summed E-state index contributed by atoms with van der Waals surface area (Å²) in [4.78, 5) is 0. The third kappa shape index (κ3) is 2.92. The van der Waals surface area contributed by atoms with Crippen LogP contribution in [0.4, 0.5) is 0 Å². The fourth-order valence-corrected chi connectivity index (χ4v) is 2.66.